The molecule has 0 aliphatic carbocycles. The van der Waals surface area contributed by atoms with Gasteiger partial charge in [-0.2, -0.15) is 0 Å². The maximum absolute atomic E-state index is 11.0. The molecule has 1 unspecified atom stereocenters. The van der Waals surface area contributed by atoms with Gasteiger partial charge in [-0.25, -0.2) is 0 Å². The van der Waals surface area contributed by atoms with Gasteiger partial charge in [0.05, 0.1) is 4.92 Å². The van der Waals surface area contributed by atoms with Crippen LogP contribution in [0.1, 0.15) is 32.6 Å². The Balaban J connectivity index is 1.84. The van der Waals surface area contributed by atoms with E-state index in [0.29, 0.717) is 18.3 Å². The van der Waals surface area contributed by atoms with Crippen molar-refractivity contribution >= 4 is 23.0 Å². The molecule has 6 heteroatoms. The monoisotopic (exact) mass is 311 g/mol. The molecule has 1 aromatic rings. The lowest BCUT2D eigenvalue weighted by molar-refractivity contribution is -0.383. The molecule has 1 aliphatic heterocycles. The molecule has 1 saturated heterocycles. The molecule has 1 aliphatic rings. The second-order valence-electron chi connectivity index (χ2n) is 5.55. The van der Waals surface area contributed by atoms with Crippen LogP contribution in [0.4, 0.5) is 11.4 Å². The number of para-hydroxylation sites is 1. The minimum atomic E-state index is -0.433. The first-order valence-corrected chi connectivity index (χ1v) is 7.88. The Bertz CT molecular complexity index is 496. The van der Waals surface area contributed by atoms with Gasteiger partial charge in [-0.3, -0.25) is 10.1 Å². The number of anilines is 1. The van der Waals surface area contributed by atoms with Gasteiger partial charge in [-0.15, -0.1) is 0 Å². The van der Waals surface area contributed by atoms with E-state index in [9.17, 15) is 10.1 Å². The quantitative estimate of drug-likeness (QED) is 0.491. The third-order valence-corrected chi connectivity index (χ3v) is 4.35. The van der Waals surface area contributed by atoms with Crippen LogP contribution in [-0.2, 0) is 0 Å². The maximum atomic E-state index is 11.0. The molecule has 0 bridgehead atoms. The number of rotatable bonds is 6. The highest BCUT2D eigenvalue weighted by Crippen LogP contribution is 2.32. The number of hydrogen-bond acceptors (Lipinski definition) is 4. The Hall–Kier alpha value is -1.33. The number of benzene rings is 1. The molecular weight excluding hydrogens is 290 g/mol. The molecule has 1 aromatic carbocycles. The minimum Gasteiger partial charge on any atom is -0.379 e. The molecule has 5 nitrogen and oxygen atoms in total. The fraction of sp³-hybridized carbons (Fsp3) is 0.600. The van der Waals surface area contributed by atoms with Gasteiger partial charge in [0.25, 0.3) is 0 Å². The van der Waals surface area contributed by atoms with Crippen LogP contribution in [0.3, 0.4) is 0 Å². The van der Waals surface area contributed by atoms with Crippen LogP contribution >= 0.6 is 11.6 Å². The Morgan fingerprint density at radius 1 is 1.48 bits per heavy atom. The number of hydrogen-bond donors (Lipinski definition) is 1. The molecule has 0 saturated carbocycles. The zero-order valence-corrected chi connectivity index (χ0v) is 13.1. The molecule has 0 amide bonds. The van der Waals surface area contributed by atoms with E-state index in [2.05, 4.69) is 17.1 Å². The van der Waals surface area contributed by atoms with Gasteiger partial charge in [0.15, 0.2) is 0 Å². The van der Waals surface area contributed by atoms with Gasteiger partial charge in [-0.1, -0.05) is 24.1 Å². The van der Waals surface area contributed by atoms with E-state index in [1.54, 1.807) is 18.2 Å². The second-order valence-corrected chi connectivity index (χ2v) is 5.96. The van der Waals surface area contributed by atoms with Crippen LogP contribution in [0.25, 0.3) is 0 Å². The minimum absolute atomic E-state index is 0.0366. The zero-order valence-electron chi connectivity index (χ0n) is 12.3. The summed E-state index contributed by atoms with van der Waals surface area (Å²) in [6.45, 7) is 5.18. The molecule has 116 valence electrons. The van der Waals surface area contributed by atoms with E-state index in [0.717, 1.165) is 13.0 Å². The van der Waals surface area contributed by atoms with Gasteiger partial charge >= 0.3 is 5.69 Å². The molecule has 0 radical (unpaired) electrons. The predicted octanol–water partition coefficient (Wildman–Crippen LogP) is 3.92. The molecule has 0 aromatic heterocycles. The highest BCUT2D eigenvalue weighted by atomic mass is 35.5. The fourth-order valence-electron chi connectivity index (χ4n) is 2.84. The van der Waals surface area contributed by atoms with E-state index in [4.69, 9.17) is 11.6 Å². The summed E-state index contributed by atoms with van der Waals surface area (Å²) in [6, 6.07) is 5.62. The topological polar surface area (TPSA) is 58.4 Å². The molecule has 1 atom stereocenters. The van der Waals surface area contributed by atoms with E-state index in [1.807, 2.05) is 0 Å². The lowest BCUT2D eigenvalue weighted by Crippen LogP contribution is -2.38. The second kappa shape index (κ2) is 7.61. The number of halogens is 1. The van der Waals surface area contributed by atoms with Crippen molar-refractivity contribution in [1.82, 2.24) is 4.90 Å². The first-order chi connectivity index (χ1) is 10.1. The lowest BCUT2D eigenvalue weighted by atomic mass is 10.0. The Morgan fingerprint density at radius 3 is 3.00 bits per heavy atom. The van der Waals surface area contributed by atoms with Gasteiger partial charge < -0.3 is 10.2 Å². The van der Waals surface area contributed by atoms with E-state index < -0.39 is 4.92 Å². The van der Waals surface area contributed by atoms with Crippen molar-refractivity contribution < 1.29 is 4.92 Å². The number of nitro benzene ring substituents is 1. The molecule has 1 fully saturated rings. The highest BCUT2D eigenvalue weighted by Gasteiger charge is 2.19. The fourth-order valence-corrected chi connectivity index (χ4v) is 3.08. The third-order valence-electron chi connectivity index (χ3n) is 4.05. The van der Waals surface area contributed by atoms with Crippen LogP contribution in [0.2, 0.25) is 5.02 Å². The lowest BCUT2D eigenvalue weighted by Gasteiger charge is -2.33. The number of nitrogens with zero attached hydrogens (tertiary/aromatic N) is 2. The largest absolute Gasteiger partial charge is 0.379 e. The molecular formula is C15H22ClN3O2. The van der Waals surface area contributed by atoms with Crippen LogP contribution in [0.15, 0.2) is 18.2 Å². The molecule has 21 heavy (non-hydrogen) atoms. The summed E-state index contributed by atoms with van der Waals surface area (Å²) >= 11 is 5.89. The standard InChI is InChI=1S/C15H22ClN3O2/c1-12-6-2-3-10-18(12)11-5-9-17-14-8-4-7-13(16)15(14)19(20)21/h4,7-8,12,17H,2-3,5-6,9-11H2,1H3. The Labute approximate surface area is 130 Å². The van der Waals surface area contributed by atoms with Crippen molar-refractivity contribution in [2.24, 2.45) is 0 Å². The average Bonchev–Trinajstić information content (AvgIpc) is 2.45. The molecule has 0 spiro atoms. The third kappa shape index (κ3) is 4.32. The van der Waals surface area contributed by atoms with Crippen molar-refractivity contribution in [3.63, 3.8) is 0 Å². The van der Waals surface area contributed by atoms with Crippen molar-refractivity contribution in [2.75, 3.05) is 25.0 Å². The number of piperidine rings is 1. The number of nitro groups is 1. The molecule has 1 N–H and O–H groups in total. The first kappa shape index (κ1) is 16.0. The van der Waals surface area contributed by atoms with Gasteiger partial charge in [0, 0.05) is 19.1 Å². The van der Waals surface area contributed by atoms with E-state index in [-0.39, 0.29) is 10.7 Å². The van der Waals surface area contributed by atoms with Crippen molar-refractivity contribution in [3.05, 3.63) is 33.3 Å². The summed E-state index contributed by atoms with van der Waals surface area (Å²) in [5.74, 6) is 0. The number of likely N-dealkylation sites (tertiary alicyclic amines) is 1. The predicted molar refractivity (Wildman–Crippen MR) is 86.1 cm³/mol. The van der Waals surface area contributed by atoms with Crippen LogP contribution in [0.5, 0.6) is 0 Å². The van der Waals surface area contributed by atoms with Crippen molar-refractivity contribution in [3.8, 4) is 0 Å². The summed E-state index contributed by atoms with van der Waals surface area (Å²) in [6.07, 6.45) is 4.84. The smallest absolute Gasteiger partial charge is 0.310 e. The maximum Gasteiger partial charge on any atom is 0.310 e. The van der Waals surface area contributed by atoms with Gasteiger partial charge in [0.2, 0.25) is 0 Å². The zero-order chi connectivity index (χ0) is 15.2. The normalized spacial score (nSPS) is 19.4. The van der Waals surface area contributed by atoms with Crippen molar-refractivity contribution in [2.45, 2.75) is 38.6 Å². The summed E-state index contributed by atoms with van der Waals surface area (Å²) in [5, 5.41) is 14.4. The van der Waals surface area contributed by atoms with Gasteiger partial charge in [-0.05, 0) is 44.9 Å². The van der Waals surface area contributed by atoms with Crippen LogP contribution in [-0.4, -0.2) is 35.5 Å². The van der Waals surface area contributed by atoms with E-state index in [1.165, 1.54) is 25.8 Å². The highest BCUT2D eigenvalue weighted by molar-refractivity contribution is 6.33. The van der Waals surface area contributed by atoms with Crippen LogP contribution < -0.4 is 5.32 Å². The first-order valence-electron chi connectivity index (χ1n) is 7.50. The Kier molecular flexibility index (Phi) is 5.82. The summed E-state index contributed by atoms with van der Waals surface area (Å²) in [7, 11) is 0. The average molecular weight is 312 g/mol. The summed E-state index contributed by atoms with van der Waals surface area (Å²) in [4.78, 5) is 13.1. The molecule has 1 heterocycles. The SMILES string of the molecule is CC1CCCCN1CCCNc1cccc(Cl)c1[N+](=O)[O-]. The van der Waals surface area contributed by atoms with Crippen LogP contribution in [0, 0.1) is 10.1 Å². The van der Waals surface area contributed by atoms with Crippen molar-refractivity contribution in [1.29, 1.82) is 0 Å². The van der Waals surface area contributed by atoms with E-state index >= 15 is 0 Å². The van der Waals surface area contributed by atoms with Gasteiger partial charge in [0.1, 0.15) is 10.7 Å². The molecule has 2 rings (SSSR count). The number of nitrogens with one attached hydrogen (secondary N) is 1. The summed E-state index contributed by atoms with van der Waals surface area (Å²) < 4.78 is 0. The summed E-state index contributed by atoms with van der Waals surface area (Å²) in [5.41, 5.74) is 0.463. The Morgan fingerprint density at radius 2 is 2.29 bits per heavy atom.